The number of carbonyl (C=O) groups is 2. The molecule has 0 aromatic carbocycles. The van der Waals surface area contributed by atoms with Crippen LogP contribution < -0.4 is 5.32 Å². The second-order valence-electron chi connectivity index (χ2n) is 3.79. The molecule has 4 nitrogen and oxygen atoms in total. The van der Waals surface area contributed by atoms with E-state index in [2.05, 4.69) is 5.32 Å². The van der Waals surface area contributed by atoms with Gasteiger partial charge < -0.3 is 10.4 Å². The van der Waals surface area contributed by atoms with Crippen molar-refractivity contribution in [2.24, 2.45) is 5.92 Å². The quantitative estimate of drug-likeness (QED) is 0.714. The van der Waals surface area contributed by atoms with Crippen LogP contribution in [0.25, 0.3) is 0 Å². The SMILES string of the molecule is CC[C@@H](NC(=O)C1CCCC1)C(=O)O. The topological polar surface area (TPSA) is 66.4 Å². The Bertz CT molecular complexity index is 221. The molecule has 80 valence electrons. The maximum Gasteiger partial charge on any atom is 0.326 e. The van der Waals surface area contributed by atoms with Gasteiger partial charge in [0.1, 0.15) is 6.04 Å². The molecule has 0 spiro atoms. The van der Waals surface area contributed by atoms with Gasteiger partial charge >= 0.3 is 5.97 Å². The minimum atomic E-state index is -0.946. The molecule has 0 aromatic heterocycles. The molecule has 4 heteroatoms. The molecular weight excluding hydrogens is 182 g/mol. The van der Waals surface area contributed by atoms with E-state index in [-0.39, 0.29) is 11.8 Å². The third kappa shape index (κ3) is 2.72. The van der Waals surface area contributed by atoms with E-state index in [1.54, 1.807) is 6.92 Å². The Morgan fingerprint density at radius 1 is 1.43 bits per heavy atom. The van der Waals surface area contributed by atoms with Crippen LogP contribution in [0.3, 0.4) is 0 Å². The van der Waals surface area contributed by atoms with Crippen molar-refractivity contribution in [3.05, 3.63) is 0 Å². The second-order valence-corrected chi connectivity index (χ2v) is 3.79. The van der Waals surface area contributed by atoms with Gasteiger partial charge in [-0.15, -0.1) is 0 Å². The molecule has 1 rings (SSSR count). The van der Waals surface area contributed by atoms with E-state index in [0.717, 1.165) is 25.7 Å². The zero-order valence-corrected chi connectivity index (χ0v) is 8.45. The van der Waals surface area contributed by atoms with Crippen molar-refractivity contribution in [3.63, 3.8) is 0 Å². The Morgan fingerprint density at radius 2 is 2.00 bits per heavy atom. The highest BCUT2D eigenvalue weighted by Crippen LogP contribution is 2.24. The molecule has 1 aliphatic carbocycles. The van der Waals surface area contributed by atoms with Gasteiger partial charge in [0.15, 0.2) is 0 Å². The second kappa shape index (κ2) is 4.98. The molecule has 1 amide bonds. The molecule has 0 aliphatic heterocycles. The number of amides is 1. The summed E-state index contributed by atoms with van der Waals surface area (Å²) in [7, 11) is 0. The number of hydrogen-bond donors (Lipinski definition) is 2. The average molecular weight is 199 g/mol. The number of carboxylic acid groups (broad SMARTS) is 1. The number of carboxylic acids is 1. The van der Waals surface area contributed by atoms with Crippen LogP contribution in [0.5, 0.6) is 0 Å². The molecule has 0 heterocycles. The first-order valence-corrected chi connectivity index (χ1v) is 5.18. The fraction of sp³-hybridized carbons (Fsp3) is 0.800. The van der Waals surface area contributed by atoms with Gasteiger partial charge in [0.25, 0.3) is 0 Å². The van der Waals surface area contributed by atoms with E-state index in [4.69, 9.17) is 5.11 Å². The highest BCUT2D eigenvalue weighted by atomic mass is 16.4. The number of aliphatic carboxylic acids is 1. The largest absolute Gasteiger partial charge is 0.480 e. The van der Waals surface area contributed by atoms with E-state index >= 15 is 0 Å². The summed E-state index contributed by atoms with van der Waals surface area (Å²) < 4.78 is 0. The van der Waals surface area contributed by atoms with E-state index in [9.17, 15) is 9.59 Å². The maximum absolute atomic E-state index is 11.5. The zero-order valence-electron chi connectivity index (χ0n) is 8.45. The Kier molecular flexibility index (Phi) is 3.92. The van der Waals surface area contributed by atoms with E-state index in [0.29, 0.717) is 6.42 Å². The van der Waals surface area contributed by atoms with Gasteiger partial charge in [-0.3, -0.25) is 4.79 Å². The summed E-state index contributed by atoms with van der Waals surface area (Å²) in [4.78, 5) is 22.2. The lowest BCUT2D eigenvalue weighted by Gasteiger charge is -2.15. The van der Waals surface area contributed by atoms with Crippen molar-refractivity contribution in [1.82, 2.24) is 5.32 Å². The van der Waals surface area contributed by atoms with Crippen LogP contribution in [0, 0.1) is 5.92 Å². The third-order valence-corrected chi connectivity index (χ3v) is 2.75. The Morgan fingerprint density at radius 3 is 2.43 bits per heavy atom. The summed E-state index contributed by atoms with van der Waals surface area (Å²) >= 11 is 0. The number of carbonyl (C=O) groups excluding carboxylic acids is 1. The van der Waals surface area contributed by atoms with Crippen LogP contribution in [0.4, 0.5) is 0 Å². The fourth-order valence-corrected chi connectivity index (χ4v) is 1.82. The summed E-state index contributed by atoms with van der Waals surface area (Å²) in [6, 6.07) is -0.719. The average Bonchev–Trinajstić information content (AvgIpc) is 2.65. The van der Waals surface area contributed by atoms with Gasteiger partial charge in [0, 0.05) is 5.92 Å². The van der Waals surface area contributed by atoms with Crippen molar-refractivity contribution < 1.29 is 14.7 Å². The highest BCUT2D eigenvalue weighted by molar-refractivity contribution is 5.85. The standard InChI is InChI=1S/C10H17NO3/c1-2-8(10(13)14)11-9(12)7-5-3-4-6-7/h7-8H,2-6H2,1H3,(H,11,12)(H,13,14)/t8-/m1/s1. The summed E-state index contributed by atoms with van der Waals surface area (Å²) in [5.41, 5.74) is 0. The Balaban J connectivity index is 2.41. The van der Waals surface area contributed by atoms with Crippen LogP contribution in [0.2, 0.25) is 0 Å². The molecule has 0 unspecified atom stereocenters. The van der Waals surface area contributed by atoms with Crippen molar-refractivity contribution in [2.45, 2.75) is 45.1 Å². The number of rotatable bonds is 4. The molecule has 1 saturated carbocycles. The van der Waals surface area contributed by atoms with Gasteiger partial charge in [0.05, 0.1) is 0 Å². The van der Waals surface area contributed by atoms with Crippen LogP contribution in [0.15, 0.2) is 0 Å². The number of nitrogens with one attached hydrogen (secondary N) is 1. The molecule has 1 atom stereocenters. The van der Waals surface area contributed by atoms with E-state index in [1.165, 1.54) is 0 Å². The minimum Gasteiger partial charge on any atom is -0.480 e. The molecule has 2 N–H and O–H groups in total. The van der Waals surface area contributed by atoms with E-state index in [1.807, 2.05) is 0 Å². The minimum absolute atomic E-state index is 0.0448. The normalized spacial score (nSPS) is 19.2. The molecule has 0 saturated heterocycles. The van der Waals surface area contributed by atoms with Crippen LogP contribution in [0.1, 0.15) is 39.0 Å². The van der Waals surface area contributed by atoms with E-state index < -0.39 is 12.0 Å². The summed E-state index contributed by atoms with van der Waals surface area (Å²) in [5.74, 6) is -0.987. The van der Waals surface area contributed by atoms with Gasteiger partial charge in [-0.1, -0.05) is 19.8 Å². The molecule has 1 fully saturated rings. The first kappa shape index (κ1) is 11.0. The third-order valence-electron chi connectivity index (χ3n) is 2.75. The van der Waals surface area contributed by atoms with Crippen LogP contribution in [-0.4, -0.2) is 23.0 Å². The Labute approximate surface area is 83.7 Å². The van der Waals surface area contributed by atoms with Gasteiger partial charge in [-0.05, 0) is 19.3 Å². The lowest BCUT2D eigenvalue weighted by molar-refractivity contribution is -0.142. The molecule has 0 radical (unpaired) electrons. The fourth-order valence-electron chi connectivity index (χ4n) is 1.82. The first-order valence-electron chi connectivity index (χ1n) is 5.18. The molecule has 0 aromatic rings. The molecule has 0 bridgehead atoms. The summed E-state index contributed by atoms with van der Waals surface area (Å²) in [6.07, 6.45) is 4.42. The van der Waals surface area contributed by atoms with Crippen molar-refractivity contribution >= 4 is 11.9 Å². The predicted molar refractivity (Wildman–Crippen MR) is 51.8 cm³/mol. The summed E-state index contributed by atoms with van der Waals surface area (Å²) in [5, 5.41) is 11.3. The number of hydrogen-bond acceptors (Lipinski definition) is 2. The highest BCUT2D eigenvalue weighted by Gasteiger charge is 2.26. The molecule has 1 aliphatic rings. The van der Waals surface area contributed by atoms with Crippen molar-refractivity contribution in [3.8, 4) is 0 Å². The summed E-state index contributed by atoms with van der Waals surface area (Å²) in [6.45, 7) is 1.76. The predicted octanol–water partition coefficient (Wildman–Crippen LogP) is 1.16. The molecular formula is C10H17NO3. The van der Waals surface area contributed by atoms with Crippen molar-refractivity contribution in [2.75, 3.05) is 0 Å². The van der Waals surface area contributed by atoms with Crippen LogP contribution >= 0.6 is 0 Å². The van der Waals surface area contributed by atoms with Crippen molar-refractivity contribution in [1.29, 1.82) is 0 Å². The Hall–Kier alpha value is -1.06. The molecule has 14 heavy (non-hydrogen) atoms. The van der Waals surface area contributed by atoms with Gasteiger partial charge in [-0.2, -0.15) is 0 Å². The first-order chi connectivity index (χ1) is 6.65. The monoisotopic (exact) mass is 199 g/mol. The lowest BCUT2D eigenvalue weighted by atomic mass is 10.1. The van der Waals surface area contributed by atoms with Crippen LogP contribution in [-0.2, 0) is 9.59 Å². The van der Waals surface area contributed by atoms with Gasteiger partial charge in [-0.25, -0.2) is 4.79 Å². The zero-order chi connectivity index (χ0) is 10.6. The lowest BCUT2D eigenvalue weighted by Crippen LogP contribution is -2.42. The van der Waals surface area contributed by atoms with Gasteiger partial charge in [0.2, 0.25) is 5.91 Å². The maximum atomic E-state index is 11.5. The smallest absolute Gasteiger partial charge is 0.326 e.